The normalized spacial score (nSPS) is 15.2. The van der Waals surface area contributed by atoms with Crippen molar-refractivity contribution in [3.63, 3.8) is 0 Å². The van der Waals surface area contributed by atoms with Crippen molar-refractivity contribution in [2.75, 3.05) is 26.4 Å². The van der Waals surface area contributed by atoms with Gasteiger partial charge in [-0.05, 0) is 83.5 Å². The van der Waals surface area contributed by atoms with Crippen molar-refractivity contribution in [3.8, 4) is 0 Å². The summed E-state index contributed by atoms with van der Waals surface area (Å²) in [5.74, 6) is -1.90. The lowest BCUT2D eigenvalue weighted by Gasteiger charge is -2.20. The Morgan fingerprint density at radius 2 is 1.02 bits per heavy atom. The second-order valence-electron chi connectivity index (χ2n) is 11.9. The standard InChI is InChI=1S/C42H66NO9P/c1-3-5-7-9-11-13-15-17-18-19-20-21-23-25-27-29-31-33-35-49-36-39(37-50-53(47,48)51-38-40(43)42(45)46)52-41(44)34-32-30-28-26-24-22-16-14-12-10-8-6-4-2/h5-8,11-14,17-18,20-22,24-25,27-28,30,39-40H,3-4,9-10,15-16,19,23,26,29,31-38,43H2,1-2H3,(H,45,46)(H,47,48)/b7-5-,8-6-,13-11-,14-12-,18-17-,21-20-,24-22-,27-25-,30-28-. The molecule has 0 amide bonds. The smallest absolute Gasteiger partial charge is 0.472 e. The summed E-state index contributed by atoms with van der Waals surface area (Å²) in [6.45, 7) is 3.39. The van der Waals surface area contributed by atoms with Crippen molar-refractivity contribution >= 4 is 19.8 Å². The molecule has 0 heterocycles. The molecule has 298 valence electrons. The number of rotatable bonds is 34. The largest absolute Gasteiger partial charge is 0.480 e. The summed E-state index contributed by atoms with van der Waals surface area (Å²) in [5.41, 5.74) is 5.33. The van der Waals surface area contributed by atoms with Crippen molar-refractivity contribution in [3.05, 3.63) is 109 Å². The molecule has 0 aromatic rings. The van der Waals surface area contributed by atoms with E-state index < -0.39 is 45.1 Å². The fourth-order valence-electron chi connectivity index (χ4n) is 4.17. The summed E-state index contributed by atoms with van der Waals surface area (Å²) in [7, 11) is -4.65. The van der Waals surface area contributed by atoms with Crippen LogP contribution in [0.3, 0.4) is 0 Å². The summed E-state index contributed by atoms with van der Waals surface area (Å²) in [6, 6.07) is -1.50. The molecule has 0 aliphatic carbocycles. The summed E-state index contributed by atoms with van der Waals surface area (Å²) >= 11 is 0. The number of carbonyl (C=O) groups is 2. The van der Waals surface area contributed by atoms with Crippen molar-refractivity contribution in [2.24, 2.45) is 5.73 Å². The van der Waals surface area contributed by atoms with Crippen LogP contribution in [0.4, 0.5) is 0 Å². The number of hydrogen-bond acceptors (Lipinski definition) is 8. The van der Waals surface area contributed by atoms with Crippen molar-refractivity contribution in [1.29, 1.82) is 0 Å². The molecule has 11 heteroatoms. The molecular weight excluding hydrogens is 693 g/mol. The van der Waals surface area contributed by atoms with Crippen LogP contribution < -0.4 is 5.73 Å². The van der Waals surface area contributed by atoms with E-state index in [1.54, 1.807) is 0 Å². The zero-order valence-corrected chi connectivity index (χ0v) is 32.9. The number of carbonyl (C=O) groups excluding carboxylic acids is 1. The first-order valence-electron chi connectivity index (χ1n) is 18.9. The summed E-state index contributed by atoms with van der Waals surface area (Å²) in [5, 5.41) is 8.86. The Hall–Kier alpha value is -3.37. The van der Waals surface area contributed by atoms with Gasteiger partial charge in [-0.1, -0.05) is 123 Å². The quantitative estimate of drug-likeness (QED) is 0.0250. The van der Waals surface area contributed by atoms with E-state index in [9.17, 15) is 19.0 Å². The molecule has 3 unspecified atom stereocenters. The van der Waals surface area contributed by atoms with Gasteiger partial charge in [0.25, 0.3) is 0 Å². The number of nitrogens with two attached hydrogens (primary N) is 1. The predicted molar refractivity (Wildman–Crippen MR) is 216 cm³/mol. The molecule has 3 atom stereocenters. The van der Waals surface area contributed by atoms with Crippen LogP contribution in [0.1, 0.15) is 104 Å². The molecule has 0 spiro atoms. The Morgan fingerprint density at radius 1 is 0.604 bits per heavy atom. The Balaban J connectivity index is 4.52. The number of aliphatic carboxylic acids is 1. The van der Waals surface area contributed by atoms with Gasteiger partial charge in [-0.2, -0.15) is 0 Å². The zero-order chi connectivity index (χ0) is 39.1. The fraction of sp³-hybridized carbons (Fsp3) is 0.524. The average molecular weight is 760 g/mol. The number of ether oxygens (including phenoxy) is 2. The molecule has 4 N–H and O–H groups in total. The highest BCUT2D eigenvalue weighted by Gasteiger charge is 2.27. The highest BCUT2D eigenvalue weighted by molar-refractivity contribution is 7.47. The van der Waals surface area contributed by atoms with Crippen LogP contribution in [0.15, 0.2) is 109 Å². The number of phosphoric acid groups is 1. The van der Waals surface area contributed by atoms with E-state index >= 15 is 0 Å². The van der Waals surface area contributed by atoms with Gasteiger partial charge >= 0.3 is 19.8 Å². The van der Waals surface area contributed by atoms with E-state index in [1.807, 2.05) is 12.2 Å². The third-order valence-corrected chi connectivity index (χ3v) is 8.01. The third-order valence-electron chi connectivity index (χ3n) is 7.06. The summed E-state index contributed by atoms with van der Waals surface area (Å²) in [6.07, 6.45) is 48.9. The molecular formula is C42H66NO9P. The number of carboxylic acids is 1. The molecule has 0 aliphatic rings. The van der Waals surface area contributed by atoms with E-state index in [0.717, 1.165) is 77.0 Å². The fourth-order valence-corrected chi connectivity index (χ4v) is 4.95. The van der Waals surface area contributed by atoms with Crippen molar-refractivity contribution in [2.45, 2.75) is 116 Å². The predicted octanol–water partition coefficient (Wildman–Crippen LogP) is 9.97. The first-order chi connectivity index (χ1) is 25.7. The molecule has 10 nitrogen and oxygen atoms in total. The van der Waals surface area contributed by atoms with Crippen LogP contribution in [0, 0.1) is 0 Å². The van der Waals surface area contributed by atoms with Gasteiger partial charge in [-0.25, -0.2) is 4.57 Å². The Kier molecular flexibility index (Phi) is 34.6. The monoisotopic (exact) mass is 759 g/mol. The van der Waals surface area contributed by atoms with Gasteiger partial charge in [0.15, 0.2) is 0 Å². The number of phosphoric ester groups is 1. The lowest BCUT2D eigenvalue weighted by Crippen LogP contribution is -2.34. The van der Waals surface area contributed by atoms with Gasteiger partial charge in [0, 0.05) is 13.0 Å². The molecule has 0 fully saturated rings. The second-order valence-corrected chi connectivity index (χ2v) is 13.4. The highest BCUT2D eigenvalue weighted by atomic mass is 31.2. The van der Waals surface area contributed by atoms with Crippen LogP contribution >= 0.6 is 7.82 Å². The van der Waals surface area contributed by atoms with Gasteiger partial charge < -0.3 is 25.2 Å². The molecule has 53 heavy (non-hydrogen) atoms. The molecule has 0 aliphatic heterocycles. The molecule has 0 rings (SSSR count). The average Bonchev–Trinajstić information content (AvgIpc) is 3.13. The van der Waals surface area contributed by atoms with Crippen LogP contribution in [-0.2, 0) is 32.7 Å². The minimum atomic E-state index is -4.65. The Bertz CT molecular complexity index is 1250. The van der Waals surface area contributed by atoms with Crippen LogP contribution in [0.5, 0.6) is 0 Å². The molecule has 0 saturated heterocycles. The lowest BCUT2D eigenvalue weighted by atomic mass is 10.2. The van der Waals surface area contributed by atoms with Crippen molar-refractivity contribution < 1.29 is 42.7 Å². The number of hydrogen-bond donors (Lipinski definition) is 3. The number of allylic oxidation sites excluding steroid dienone is 18. The van der Waals surface area contributed by atoms with E-state index in [1.165, 1.54) is 0 Å². The SMILES string of the molecule is CC/C=C\C/C=C\C/C=C\C/C=C\C/C=C\CCCCOCC(COP(=O)(O)OCC(N)C(=O)O)OC(=O)CC/C=C\C/C=C\C/C=C\C/C=C\CC. The number of carboxylic acid groups (broad SMARTS) is 1. The van der Waals surface area contributed by atoms with E-state index in [-0.39, 0.29) is 13.0 Å². The van der Waals surface area contributed by atoms with Gasteiger partial charge in [0.05, 0.1) is 19.8 Å². The maximum atomic E-state index is 12.5. The van der Waals surface area contributed by atoms with Crippen molar-refractivity contribution in [1.82, 2.24) is 0 Å². The van der Waals surface area contributed by atoms with Gasteiger partial charge in [-0.15, -0.1) is 0 Å². The van der Waals surface area contributed by atoms with Gasteiger partial charge in [-0.3, -0.25) is 18.6 Å². The number of esters is 1. The van der Waals surface area contributed by atoms with Crippen LogP contribution in [-0.4, -0.2) is 60.5 Å². The van der Waals surface area contributed by atoms with E-state index in [2.05, 4.69) is 116 Å². The first kappa shape index (κ1) is 49.6. The van der Waals surface area contributed by atoms with Crippen LogP contribution in [0.25, 0.3) is 0 Å². The third kappa shape index (κ3) is 36.8. The maximum absolute atomic E-state index is 12.5. The highest BCUT2D eigenvalue weighted by Crippen LogP contribution is 2.43. The minimum absolute atomic E-state index is 0.0496. The molecule has 0 bridgehead atoms. The topological polar surface area (TPSA) is 155 Å². The zero-order valence-electron chi connectivity index (χ0n) is 32.1. The van der Waals surface area contributed by atoms with E-state index in [4.69, 9.17) is 24.8 Å². The minimum Gasteiger partial charge on any atom is -0.480 e. The lowest BCUT2D eigenvalue weighted by molar-refractivity contribution is -0.154. The maximum Gasteiger partial charge on any atom is 0.472 e. The van der Waals surface area contributed by atoms with Gasteiger partial charge in [0.2, 0.25) is 0 Å². The first-order valence-corrected chi connectivity index (χ1v) is 20.4. The second kappa shape index (κ2) is 37.0. The molecule has 0 radical (unpaired) electrons. The molecule has 0 aromatic heterocycles. The summed E-state index contributed by atoms with van der Waals surface area (Å²) in [4.78, 5) is 33.3. The van der Waals surface area contributed by atoms with E-state index in [0.29, 0.717) is 13.0 Å². The Morgan fingerprint density at radius 3 is 1.47 bits per heavy atom. The molecule has 0 saturated carbocycles. The molecule has 0 aromatic carbocycles. The summed E-state index contributed by atoms with van der Waals surface area (Å²) < 4.78 is 33.1. The van der Waals surface area contributed by atoms with Gasteiger partial charge in [0.1, 0.15) is 12.1 Å². The van der Waals surface area contributed by atoms with Crippen LogP contribution in [0.2, 0.25) is 0 Å². The Labute approximate surface area is 319 Å². The number of unbranched alkanes of at least 4 members (excludes halogenated alkanes) is 2.